The summed E-state index contributed by atoms with van der Waals surface area (Å²) in [6.45, 7) is 0. The third-order valence-electron chi connectivity index (χ3n) is 2.67. The molecule has 0 saturated carbocycles. The van der Waals surface area contributed by atoms with Crippen LogP contribution in [0.1, 0.15) is 25.7 Å². The second-order valence-electron chi connectivity index (χ2n) is 3.58. The molecule has 1 rings (SSSR count). The second kappa shape index (κ2) is 5.81. The van der Waals surface area contributed by atoms with Crippen molar-refractivity contribution in [2.75, 3.05) is 14.2 Å². The summed E-state index contributed by atoms with van der Waals surface area (Å²) in [7, 11) is 3.15. The maximum absolute atomic E-state index is 11.3. The molecule has 0 bridgehead atoms. The largest absolute Gasteiger partial charge is 0.469 e. The SMILES string of the molecule is COC(=O)C1CC/C=C/C(OC)CC1. The number of rotatable bonds is 2. The highest BCUT2D eigenvalue weighted by molar-refractivity contribution is 5.72. The Morgan fingerprint density at radius 3 is 2.71 bits per heavy atom. The van der Waals surface area contributed by atoms with Crippen LogP contribution in [-0.4, -0.2) is 26.3 Å². The van der Waals surface area contributed by atoms with E-state index in [2.05, 4.69) is 12.2 Å². The van der Waals surface area contributed by atoms with Gasteiger partial charge in [0.05, 0.1) is 19.1 Å². The van der Waals surface area contributed by atoms with Gasteiger partial charge in [-0.2, -0.15) is 0 Å². The minimum atomic E-state index is -0.0878. The lowest BCUT2D eigenvalue weighted by atomic mass is 9.93. The van der Waals surface area contributed by atoms with E-state index >= 15 is 0 Å². The minimum absolute atomic E-state index is 0.0441. The molecule has 0 radical (unpaired) electrons. The van der Waals surface area contributed by atoms with E-state index < -0.39 is 0 Å². The topological polar surface area (TPSA) is 35.5 Å². The molecule has 1 aliphatic carbocycles. The molecule has 3 heteroatoms. The maximum Gasteiger partial charge on any atom is 0.308 e. The van der Waals surface area contributed by atoms with Crippen LogP contribution in [0.2, 0.25) is 0 Å². The van der Waals surface area contributed by atoms with Gasteiger partial charge in [0.2, 0.25) is 0 Å². The van der Waals surface area contributed by atoms with Crippen molar-refractivity contribution < 1.29 is 14.3 Å². The molecule has 0 N–H and O–H groups in total. The molecule has 3 nitrogen and oxygen atoms in total. The molecular formula is C11H18O3. The molecule has 2 unspecified atom stereocenters. The Bertz CT molecular complexity index is 211. The molecule has 0 aliphatic heterocycles. The quantitative estimate of drug-likeness (QED) is 0.502. The summed E-state index contributed by atoms with van der Waals surface area (Å²) in [4.78, 5) is 11.3. The summed E-state index contributed by atoms with van der Waals surface area (Å²) >= 11 is 0. The number of esters is 1. The summed E-state index contributed by atoms with van der Waals surface area (Å²) in [5.41, 5.74) is 0. The predicted octanol–water partition coefficient (Wildman–Crippen LogP) is 1.92. The van der Waals surface area contributed by atoms with Gasteiger partial charge in [0.1, 0.15) is 0 Å². The molecule has 2 atom stereocenters. The molecule has 80 valence electrons. The van der Waals surface area contributed by atoms with Gasteiger partial charge in [-0.25, -0.2) is 0 Å². The van der Waals surface area contributed by atoms with Gasteiger partial charge in [-0.1, -0.05) is 12.2 Å². The van der Waals surface area contributed by atoms with Crippen molar-refractivity contribution in [3.05, 3.63) is 12.2 Å². The molecule has 1 aliphatic rings. The lowest BCUT2D eigenvalue weighted by Gasteiger charge is -2.19. The zero-order chi connectivity index (χ0) is 10.4. The van der Waals surface area contributed by atoms with Crippen molar-refractivity contribution >= 4 is 5.97 Å². The third kappa shape index (κ3) is 3.14. The smallest absolute Gasteiger partial charge is 0.308 e. The number of hydrogen-bond donors (Lipinski definition) is 0. The second-order valence-corrected chi connectivity index (χ2v) is 3.58. The van der Waals surface area contributed by atoms with Gasteiger partial charge in [0.15, 0.2) is 0 Å². The molecule has 0 aromatic heterocycles. The van der Waals surface area contributed by atoms with Crippen LogP contribution < -0.4 is 0 Å². The fourth-order valence-corrected chi connectivity index (χ4v) is 1.75. The van der Waals surface area contributed by atoms with Crippen molar-refractivity contribution in [3.8, 4) is 0 Å². The lowest BCUT2D eigenvalue weighted by molar-refractivity contribution is -0.146. The molecule has 0 aromatic rings. The maximum atomic E-state index is 11.3. The van der Waals surface area contributed by atoms with Crippen LogP contribution in [0, 0.1) is 5.92 Å². The van der Waals surface area contributed by atoms with Crippen LogP contribution >= 0.6 is 0 Å². The molecule has 0 saturated heterocycles. The number of allylic oxidation sites excluding steroid dienone is 1. The molecule has 0 aromatic carbocycles. The number of methoxy groups -OCH3 is 2. The van der Waals surface area contributed by atoms with Gasteiger partial charge in [-0.05, 0) is 25.7 Å². The lowest BCUT2D eigenvalue weighted by Crippen LogP contribution is -2.20. The van der Waals surface area contributed by atoms with Crippen molar-refractivity contribution in [2.45, 2.75) is 31.8 Å². The van der Waals surface area contributed by atoms with Crippen LogP contribution in [0.3, 0.4) is 0 Å². The predicted molar refractivity (Wildman–Crippen MR) is 53.9 cm³/mol. The third-order valence-corrected chi connectivity index (χ3v) is 2.67. The highest BCUT2D eigenvalue weighted by Gasteiger charge is 2.20. The van der Waals surface area contributed by atoms with Crippen molar-refractivity contribution in [1.82, 2.24) is 0 Å². The first kappa shape index (κ1) is 11.2. The first-order valence-electron chi connectivity index (χ1n) is 5.05. The first-order valence-corrected chi connectivity index (χ1v) is 5.05. The van der Waals surface area contributed by atoms with E-state index in [9.17, 15) is 4.79 Å². The normalized spacial score (nSPS) is 30.1. The summed E-state index contributed by atoms with van der Waals surface area (Å²) in [5.74, 6) is -0.0437. The van der Waals surface area contributed by atoms with Gasteiger partial charge in [-0.3, -0.25) is 4.79 Å². The number of carbonyl (C=O) groups is 1. The van der Waals surface area contributed by atoms with Crippen LogP contribution in [0.5, 0.6) is 0 Å². The zero-order valence-electron chi connectivity index (χ0n) is 8.86. The van der Waals surface area contributed by atoms with Crippen LogP contribution in [0.25, 0.3) is 0 Å². The van der Waals surface area contributed by atoms with Crippen molar-refractivity contribution in [3.63, 3.8) is 0 Å². The molecular weight excluding hydrogens is 180 g/mol. The summed E-state index contributed by atoms with van der Waals surface area (Å²) in [6.07, 6.45) is 7.89. The molecule has 0 heterocycles. The molecule has 0 amide bonds. The highest BCUT2D eigenvalue weighted by Crippen LogP contribution is 2.21. The average molecular weight is 198 g/mol. The Balaban J connectivity index is 2.50. The fourth-order valence-electron chi connectivity index (χ4n) is 1.75. The first-order chi connectivity index (χ1) is 6.77. The van der Waals surface area contributed by atoms with Gasteiger partial charge in [0.25, 0.3) is 0 Å². The van der Waals surface area contributed by atoms with E-state index in [0.717, 1.165) is 25.7 Å². The van der Waals surface area contributed by atoms with Crippen LogP contribution in [0.4, 0.5) is 0 Å². The van der Waals surface area contributed by atoms with E-state index in [1.807, 2.05) is 0 Å². The van der Waals surface area contributed by atoms with Gasteiger partial charge >= 0.3 is 5.97 Å². The van der Waals surface area contributed by atoms with Gasteiger partial charge in [0, 0.05) is 7.11 Å². The van der Waals surface area contributed by atoms with E-state index in [0.29, 0.717) is 0 Å². The van der Waals surface area contributed by atoms with E-state index in [4.69, 9.17) is 9.47 Å². The molecule has 0 spiro atoms. The summed E-state index contributed by atoms with van der Waals surface area (Å²) in [5, 5.41) is 0. The Hall–Kier alpha value is -0.830. The van der Waals surface area contributed by atoms with Gasteiger partial charge < -0.3 is 9.47 Å². The Kier molecular flexibility index (Phi) is 4.66. The molecule has 0 fully saturated rings. The van der Waals surface area contributed by atoms with E-state index in [1.54, 1.807) is 7.11 Å². The van der Waals surface area contributed by atoms with Crippen LogP contribution in [0.15, 0.2) is 12.2 Å². The fraction of sp³-hybridized carbons (Fsp3) is 0.727. The minimum Gasteiger partial charge on any atom is -0.469 e. The van der Waals surface area contributed by atoms with Crippen molar-refractivity contribution in [2.24, 2.45) is 5.92 Å². The van der Waals surface area contributed by atoms with Crippen molar-refractivity contribution in [1.29, 1.82) is 0 Å². The van der Waals surface area contributed by atoms with Crippen LogP contribution in [-0.2, 0) is 14.3 Å². The Morgan fingerprint density at radius 1 is 1.29 bits per heavy atom. The monoisotopic (exact) mass is 198 g/mol. The number of hydrogen-bond acceptors (Lipinski definition) is 3. The number of ether oxygens (including phenoxy) is 2. The summed E-state index contributed by atoms with van der Waals surface area (Å²) in [6, 6.07) is 0. The molecule has 14 heavy (non-hydrogen) atoms. The average Bonchev–Trinajstić information content (AvgIpc) is 2.17. The zero-order valence-corrected chi connectivity index (χ0v) is 8.86. The summed E-state index contributed by atoms with van der Waals surface area (Å²) < 4.78 is 10.0. The Morgan fingerprint density at radius 2 is 2.07 bits per heavy atom. The number of carbonyl (C=O) groups excluding carboxylic acids is 1. The highest BCUT2D eigenvalue weighted by atomic mass is 16.5. The standard InChI is InChI=1S/C11H18O3/c1-13-10-6-4-3-5-9(7-8-10)11(12)14-2/h4,6,9-10H,3,5,7-8H2,1-2H3/b6-4+. The Labute approximate surface area is 85.1 Å². The van der Waals surface area contributed by atoms with E-state index in [-0.39, 0.29) is 18.0 Å². The van der Waals surface area contributed by atoms with Gasteiger partial charge in [-0.15, -0.1) is 0 Å². The van der Waals surface area contributed by atoms with E-state index in [1.165, 1.54) is 7.11 Å².